The molecule has 0 aliphatic carbocycles. The molecule has 0 aromatic heterocycles. The molecule has 2 N–H and O–H groups in total. The second kappa shape index (κ2) is 8.17. The summed E-state index contributed by atoms with van der Waals surface area (Å²) >= 11 is -1.15. The van der Waals surface area contributed by atoms with Crippen LogP contribution in [0, 0.1) is 5.92 Å². The molecule has 26 heavy (non-hydrogen) atoms. The van der Waals surface area contributed by atoms with Gasteiger partial charge in [-0.2, -0.15) is 0 Å². The van der Waals surface area contributed by atoms with Gasteiger partial charge in [0.2, 0.25) is 0 Å². The molecule has 2 aromatic carbocycles. The highest BCUT2D eigenvalue weighted by molar-refractivity contribution is 7.90. The van der Waals surface area contributed by atoms with Crippen LogP contribution in [0.1, 0.15) is 45.2 Å². The molecule has 0 bridgehead atoms. The van der Waals surface area contributed by atoms with Crippen LogP contribution in [0.2, 0.25) is 0 Å². The second-order valence-corrected chi connectivity index (χ2v) is 9.96. The fraction of sp³-hybridized carbons (Fsp3) is 0.524. The van der Waals surface area contributed by atoms with Crippen molar-refractivity contribution in [3.63, 3.8) is 0 Å². The Bertz CT molecular complexity index is 738. The van der Waals surface area contributed by atoms with E-state index in [1.165, 1.54) is 10.8 Å². The molecular weight excluding hydrogens is 344 g/mol. The summed E-state index contributed by atoms with van der Waals surface area (Å²) in [5.41, 5.74) is 1.13. The van der Waals surface area contributed by atoms with Gasteiger partial charge in [-0.25, -0.2) is 0 Å². The molecule has 2 atom stereocenters. The summed E-state index contributed by atoms with van der Waals surface area (Å²) in [5, 5.41) is 5.80. The van der Waals surface area contributed by atoms with Gasteiger partial charge in [-0.3, -0.25) is 0 Å². The minimum Gasteiger partial charge on any atom is -0.598 e. The van der Waals surface area contributed by atoms with Crippen molar-refractivity contribution in [1.29, 1.82) is 0 Å². The zero-order chi connectivity index (χ0) is 18.7. The lowest BCUT2D eigenvalue weighted by Gasteiger charge is -2.35. The molecule has 1 aliphatic heterocycles. The maximum absolute atomic E-state index is 13.0. The third-order valence-electron chi connectivity index (χ3n) is 5.11. The Hall–Kier alpha value is -1.27. The Morgan fingerprint density at radius 1 is 1.15 bits per heavy atom. The normalized spacial score (nSPS) is 18.7. The summed E-state index contributed by atoms with van der Waals surface area (Å²) in [6.07, 6.45) is 2.12. The average molecular weight is 375 g/mol. The molecule has 3 rings (SSSR count). The summed E-state index contributed by atoms with van der Waals surface area (Å²) in [5.74, 6) is 1.29. The van der Waals surface area contributed by atoms with E-state index in [2.05, 4.69) is 40.4 Å². The number of benzene rings is 2. The molecule has 0 saturated carbocycles. The fourth-order valence-corrected chi connectivity index (χ4v) is 4.53. The number of nitrogens with one attached hydrogen (secondary N) is 2. The standard InChI is InChI=1S/C21H30N2O2S/c1-21(2,3)26(24)23-20(16-11-13-22-14-12-16)19-17-8-6-5-7-15(17)9-10-18(19)25-4/h5-10,16,20,22-23H,11-14H2,1-4H3. The highest BCUT2D eigenvalue weighted by atomic mass is 32.2. The fourth-order valence-electron chi connectivity index (χ4n) is 3.63. The van der Waals surface area contributed by atoms with Crippen molar-refractivity contribution in [3.05, 3.63) is 42.0 Å². The van der Waals surface area contributed by atoms with Crippen LogP contribution in [-0.4, -0.2) is 29.5 Å². The molecule has 5 heteroatoms. The van der Waals surface area contributed by atoms with Crippen molar-refractivity contribution in [3.8, 4) is 5.75 Å². The molecule has 1 saturated heterocycles. The van der Waals surface area contributed by atoms with Gasteiger partial charge in [0.05, 0.1) is 13.2 Å². The van der Waals surface area contributed by atoms with Gasteiger partial charge in [-0.1, -0.05) is 30.3 Å². The van der Waals surface area contributed by atoms with E-state index in [9.17, 15) is 4.55 Å². The lowest BCUT2D eigenvalue weighted by molar-refractivity contribution is 0.299. The maximum Gasteiger partial charge on any atom is 0.136 e. The summed E-state index contributed by atoms with van der Waals surface area (Å²) in [6, 6.07) is 12.5. The van der Waals surface area contributed by atoms with Gasteiger partial charge in [0, 0.05) is 16.9 Å². The molecular formula is C21H30N2O2S. The topological polar surface area (TPSA) is 56.3 Å². The number of rotatable bonds is 5. The van der Waals surface area contributed by atoms with Crippen LogP contribution in [0.25, 0.3) is 10.8 Å². The Kier molecular flexibility index (Phi) is 6.13. The first kappa shape index (κ1) is 19.5. The van der Waals surface area contributed by atoms with Gasteiger partial charge in [0.25, 0.3) is 0 Å². The molecule has 4 nitrogen and oxygen atoms in total. The number of ether oxygens (including phenoxy) is 1. The Labute approximate surface area is 160 Å². The Morgan fingerprint density at radius 2 is 1.85 bits per heavy atom. The minimum absolute atomic E-state index is 0.00166. The van der Waals surface area contributed by atoms with E-state index < -0.39 is 11.4 Å². The SMILES string of the molecule is COc1ccc2ccccc2c1C(N[S+]([O-])C(C)(C)C)C1CCNCC1. The van der Waals surface area contributed by atoms with Crippen molar-refractivity contribution in [1.82, 2.24) is 10.0 Å². The van der Waals surface area contributed by atoms with Crippen molar-refractivity contribution >= 4 is 22.1 Å². The van der Waals surface area contributed by atoms with E-state index >= 15 is 0 Å². The van der Waals surface area contributed by atoms with Gasteiger partial charge in [0.15, 0.2) is 0 Å². The van der Waals surface area contributed by atoms with Crippen LogP contribution in [0.3, 0.4) is 0 Å². The monoisotopic (exact) mass is 374 g/mol. The van der Waals surface area contributed by atoms with E-state index in [1.807, 2.05) is 26.8 Å². The third-order valence-corrected chi connectivity index (χ3v) is 6.69. The van der Waals surface area contributed by atoms with Crippen molar-refractivity contribution in [2.75, 3.05) is 20.2 Å². The van der Waals surface area contributed by atoms with E-state index in [4.69, 9.17) is 4.74 Å². The second-order valence-electron chi connectivity index (χ2n) is 7.97. The first-order chi connectivity index (χ1) is 12.4. The van der Waals surface area contributed by atoms with Crippen LogP contribution in [0.4, 0.5) is 0 Å². The Balaban J connectivity index is 2.10. The highest BCUT2D eigenvalue weighted by Gasteiger charge is 2.36. The van der Waals surface area contributed by atoms with Crippen LogP contribution >= 0.6 is 0 Å². The molecule has 0 amide bonds. The van der Waals surface area contributed by atoms with Crippen LogP contribution < -0.4 is 14.8 Å². The van der Waals surface area contributed by atoms with Gasteiger partial charge in [-0.05, 0) is 69.5 Å². The van der Waals surface area contributed by atoms with E-state index in [1.54, 1.807) is 7.11 Å². The molecule has 0 radical (unpaired) electrons. The largest absolute Gasteiger partial charge is 0.598 e. The molecule has 0 spiro atoms. The maximum atomic E-state index is 13.0. The smallest absolute Gasteiger partial charge is 0.136 e. The van der Waals surface area contributed by atoms with E-state index in [0.717, 1.165) is 37.2 Å². The molecule has 1 aliphatic rings. The van der Waals surface area contributed by atoms with Crippen molar-refractivity contribution in [2.45, 2.75) is 44.4 Å². The van der Waals surface area contributed by atoms with E-state index in [0.29, 0.717) is 5.92 Å². The number of hydrogen-bond acceptors (Lipinski definition) is 4. The first-order valence-electron chi connectivity index (χ1n) is 9.36. The summed E-state index contributed by atoms with van der Waals surface area (Å²) in [4.78, 5) is 0. The zero-order valence-electron chi connectivity index (χ0n) is 16.2. The van der Waals surface area contributed by atoms with Crippen LogP contribution in [-0.2, 0) is 11.4 Å². The summed E-state index contributed by atoms with van der Waals surface area (Å²) in [7, 11) is 1.72. The van der Waals surface area contributed by atoms with Crippen LogP contribution in [0.15, 0.2) is 36.4 Å². The molecule has 142 valence electrons. The number of piperidine rings is 1. The number of methoxy groups -OCH3 is 1. The summed E-state index contributed by atoms with van der Waals surface area (Å²) < 4.78 is 21.9. The van der Waals surface area contributed by atoms with Gasteiger partial charge in [-0.15, -0.1) is 4.72 Å². The highest BCUT2D eigenvalue weighted by Crippen LogP contribution is 2.40. The third kappa shape index (κ3) is 4.17. The first-order valence-corrected chi connectivity index (χ1v) is 10.5. The molecule has 1 heterocycles. The van der Waals surface area contributed by atoms with Gasteiger partial charge >= 0.3 is 0 Å². The lowest BCUT2D eigenvalue weighted by Crippen LogP contribution is -2.45. The number of fused-ring (bicyclic) bond motifs is 1. The predicted molar refractivity (Wildman–Crippen MR) is 110 cm³/mol. The molecule has 2 aromatic rings. The lowest BCUT2D eigenvalue weighted by atomic mass is 9.84. The molecule has 2 unspecified atom stereocenters. The quantitative estimate of drug-likeness (QED) is 0.779. The molecule has 1 fully saturated rings. The van der Waals surface area contributed by atoms with Gasteiger partial charge < -0.3 is 14.6 Å². The zero-order valence-corrected chi connectivity index (χ0v) is 17.0. The van der Waals surface area contributed by atoms with Crippen LogP contribution in [0.5, 0.6) is 5.75 Å². The van der Waals surface area contributed by atoms with Crippen molar-refractivity contribution in [2.24, 2.45) is 5.92 Å². The summed E-state index contributed by atoms with van der Waals surface area (Å²) in [6.45, 7) is 8.03. The number of hydrogen-bond donors (Lipinski definition) is 2. The Morgan fingerprint density at radius 3 is 2.50 bits per heavy atom. The average Bonchev–Trinajstić information content (AvgIpc) is 2.65. The van der Waals surface area contributed by atoms with E-state index in [-0.39, 0.29) is 10.8 Å². The van der Waals surface area contributed by atoms with Gasteiger partial charge in [0.1, 0.15) is 10.5 Å². The predicted octanol–water partition coefficient (Wildman–Crippen LogP) is 3.94. The van der Waals surface area contributed by atoms with Crippen molar-refractivity contribution < 1.29 is 9.29 Å². The minimum atomic E-state index is -1.15.